The number of hydrogen-bond acceptors (Lipinski definition) is 2. The molecule has 0 spiro atoms. The number of hydrazone groups is 1. The van der Waals surface area contributed by atoms with E-state index < -0.39 is 6.03 Å². The Morgan fingerprint density at radius 3 is 2.45 bits per heavy atom. The minimum absolute atomic E-state index is 0.371. The van der Waals surface area contributed by atoms with Crippen LogP contribution in [-0.2, 0) is 0 Å². The van der Waals surface area contributed by atoms with Gasteiger partial charge in [-0.05, 0) is 18.2 Å². The number of halogens is 2. The van der Waals surface area contributed by atoms with E-state index in [1.54, 1.807) is 42.5 Å². The van der Waals surface area contributed by atoms with Crippen molar-refractivity contribution in [1.82, 2.24) is 0 Å². The molecule has 2 amide bonds. The smallest absolute Gasteiger partial charge is 0.340 e. The summed E-state index contributed by atoms with van der Waals surface area (Å²) in [7, 11) is 0. The van der Waals surface area contributed by atoms with Crippen molar-refractivity contribution in [2.75, 3.05) is 5.01 Å². The molecule has 0 aromatic heterocycles. The van der Waals surface area contributed by atoms with E-state index >= 15 is 0 Å². The van der Waals surface area contributed by atoms with Crippen LogP contribution in [0.3, 0.4) is 0 Å². The largest absolute Gasteiger partial charge is 0.350 e. The number of rotatable bonds is 3. The second-order valence-corrected chi connectivity index (χ2v) is 4.66. The molecule has 0 aliphatic rings. The Kier molecular flexibility index (Phi) is 4.61. The monoisotopic (exact) mass is 307 g/mol. The van der Waals surface area contributed by atoms with Gasteiger partial charge in [-0.3, -0.25) is 0 Å². The Morgan fingerprint density at radius 1 is 1.10 bits per heavy atom. The van der Waals surface area contributed by atoms with Gasteiger partial charge in [0.25, 0.3) is 0 Å². The molecule has 2 rings (SSSR count). The normalized spacial score (nSPS) is 10.7. The van der Waals surface area contributed by atoms with E-state index in [0.717, 1.165) is 5.01 Å². The van der Waals surface area contributed by atoms with Crippen molar-refractivity contribution in [1.29, 1.82) is 0 Å². The number of amides is 2. The molecule has 0 saturated heterocycles. The summed E-state index contributed by atoms with van der Waals surface area (Å²) in [6.07, 6.45) is 1.44. The number of anilines is 1. The van der Waals surface area contributed by atoms with Gasteiger partial charge in [0.1, 0.15) is 0 Å². The average Bonchev–Trinajstić information content (AvgIpc) is 2.44. The Balaban J connectivity index is 2.32. The molecule has 0 atom stereocenters. The Labute approximate surface area is 126 Å². The first-order chi connectivity index (χ1) is 9.59. The molecule has 0 aliphatic carbocycles. The van der Waals surface area contributed by atoms with Crippen LogP contribution in [0.2, 0.25) is 10.0 Å². The lowest BCUT2D eigenvalue weighted by Gasteiger charge is -2.14. The summed E-state index contributed by atoms with van der Waals surface area (Å²) in [5.41, 5.74) is 6.48. The standard InChI is InChI=1S/C14H11Cl2N3O/c15-12-8-4-5-10(13(12)16)9-18-19(14(17)20)11-6-2-1-3-7-11/h1-9H,(H2,17,20). The number of benzene rings is 2. The van der Waals surface area contributed by atoms with Gasteiger partial charge in [0.15, 0.2) is 0 Å². The maximum absolute atomic E-state index is 11.4. The minimum atomic E-state index is -0.689. The average molecular weight is 308 g/mol. The van der Waals surface area contributed by atoms with Gasteiger partial charge >= 0.3 is 6.03 Å². The highest BCUT2D eigenvalue weighted by molar-refractivity contribution is 6.43. The fourth-order valence-corrected chi connectivity index (χ4v) is 1.92. The van der Waals surface area contributed by atoms with Crippen LogP contribution < -0.4 is 10.7 Å². The topological polar surface area (TPSA) is 58.7 Å². The van der Waals surface area contributed by atoms with Crippen molar-refractivity contribution in [3.8, 4) is 0 Å². The molecule has 0 heterocycles. The fraction of sp³-hybridized carbons (Fsp3) is 0. The second kappa shape index (κ2) is 6.41. The van der Waals surface area contributed by atoms with Gasteiger partial charge in [-0.2, -0.15) is 10.1 Å². The molecule has 2 aromatic carbocycles. The number of hydrogen-bond donors (Lipinski definition) is 1. The molecule has 2 N–H and O–H groups in total. The first kappa shape index (κ1) is 14.4. The lowest BCUT2D eigenvalue weighted by molar-refractivity contribution is 0.254. The highest BCUT2D eigenvalue weighted by atomic mass is 35.5. The van der Waals surface area contributed by atoms with E-state index in [0.29, 0.717) is 21.3 Å². The van der Waals surface area contributed by atoms with Gasteiger partial charge in [-0.25, -0.2) is 4.79 Å². The Bertz CT molecular complexity index is 644. The molecule has 0 aliphatic heterocycles. The summed E-state index contributed by atoms with van der Waals surface area (Å²) >= 11 is 12.0. The minimum Gasteiger partial charge on any atom is -0.350 e. The predicted octanol–water partition coefficient (Wildman–Crippen LogP) is 3.91. The number of nitrogens with zero attached hydrogens (tertiary/aromatic N) is 2. The quantitative estimate of drug-likeness (QED) is 0.678. The van der Waals surface area contributed by atoms with Crippen molar-refractivity contribution < 1.29 is 4.79 Å². The summed E-state index contributed by atoms with van der Waals surface area (Å²) in [5.74, 6) is 0. The number of carbonyl (C=O) groups excluding carboxylic acids is 1. The van der Waals surface area contributed by atoms with Crippen LogP contribution in [0.1, 0.15) is 5.56 Å². The summed E-state index contributed by atoms with van der Waals surface area (Å²) < 4.78 is 0. The molecular formula is C14H11Cl2N3O. The second-order valence-electron chi connectivity index (χ2n) is 3.87. The van der Waals surface area contributed by atoms with Gasteiger partial charge in [0, 0.05) is 5.56 Å². The molecule has 0 unspecified atom stereocenters. The molecule has 4 nitrogen and oxygen atoms in total. The van der Waals surface area contributed by atoms with Gasteiger partial charge < -0.3 is 5.73 Å². The number of carbonyl (C=O) groups is 1. The molecule has 0 fully saturated rings. The van der Waals surface area contributed by atoms with Crippen LogP contribution in [0.25, 0.3) is 0 Å². The van der Waals surface area contributed by atoms with Gasteiger partial charge in [0.2, 0.25) is 0 Å². The Morgan fingerprint density at radius 2 is 1.80 bits per heavy atom. The van der Waals surface area contributed by atoms with E-state index in [4.69, 9.17) is 28.9 Å². The molecule has 0 saturated carbocycles. The van der Waals surface area contributed by atoms with Crippen molar-refractivity contribution in [3.63, 3.8) is 0 Å². The highest BCUT2D eigenvalue weighted by Gasteiger charge is 2.10. The van der Waals surface area contributed by atoms with Crippen LogP contribution in [-0.4, -0.2) is 12.2 Å². The summed E-state index contributed by atoms with van der Waals surface area (Å²) in [6.45, 7) is 0. The molecule has 0 radical (unpaired) electrons. The van der Waals surface area contributed by atoms with E-state index in [1.165, 1.54) is 6.21 Å². The molecule has 2 aromatic rings. The zero-order valence-corrected chi connectivity index (χ0v) is 11.8. The highest BCUT2D eigenvalue weighted by Crippen LogP contribution is 2.24. The lowest BCUT2D eigenvalue weighted by Crippen LogP contribution is -2.31. The first-order valence-corrected chi connectivity index (χ1v) is 6.48. The molecule has 102 valence electrons. The summed E-state index contributed by atoms with van der Waals surface area (Å²) in [4.78, 5) is 11.4. The third-order valence-electron chi connectivity index (χ3n) is 2.50. The summed E-state index contributed by atoms with van der Waals surface area (Å²) in [5, 5.41) is 5.93. The van der Waals surface area contributed by atoms with Crippen molar-refractivity contribution >= 4 is 41.1 Å². The van der Waals surface area contributed by atoms with Crippen LogP contribution in [0.4, 0.5) is 10.5 Å². The van der Waals surface area contributed by atoms with E-state index in [9.17, 15) is 4.79 Å². The Hall–Kier alpha value is -2.04. The molecule has 0 bridgehead atoms. The van der Waals surface area contributed by atoms with E-state index in [1.807, 2.05) is 6.07 Å². The van der Waals surface area contributed by atoms with E-state index in [-0.39, 0.29) is 0 Å². The maximum atomic E-state index is 11.4. The maximum Gasteiger partial charge on any atom is 0.340 e. The van der Waals surface area contributed by atoms with Crippen molar-refractivity contribution in [2.24, 2.45) is 10.8 Å². The van der Waals surface area contributed by atoms with Crippen LogP contribution in [0, 0.1) is 0 Å². The number of para-hydroxylation sites is 1. The van der Waals surface area contributed by atoms with Gasteiger partial charge in [-0.1, -0.05) is 53.5 Å². The summed E-state index contributed by atoms with van der Waals surface area (Å²) in [6, 6.07) is 13.3. The number of urea groups is 1. The fourth-order valence-electron chi connectivity index (χ4n) is 1.56. The van der Waals surface area contributed by atoms with Gasteiger partial charge in [-0.15, -0.1) is 0 Å². The van der Waals surface area contributed by atoms with E-state index in [2.05, 4.69) is 5.10 Å². The first-order valence-electron chi connectivity index (χ1n) is 5.72. The molecule has 20 heavy (non-hydrogen) atoms. The third kappa shape index (κ3) is 3.29. The van der Waals surface area contributed by atoms with Crippen molar-refractivity contribution in [2.45, 2.75) is 0 Å². The number of nitrogens with two attached hydrogens (primary N) is 1. The lowest BCUT2D eigenvalue weighted by atomic mass is 10.2. The van der Waals surface area contributed by atoms with Crippen LogP contribution >= 0.6 is 23.2 Å². The zero-order valence-electron chi connectivity index (χ0n) is 10.3. The number of primary amides is 1. The predicted molar refractivity (Wildman–Crippen MR) is 82.6 cm³/mol. The molecule has 6 heteroatoms. The van der Waals surface area contributed by atoms with Crippen LogP contribution in [0.5, 0.6) is 0 Å². The SMILES string of the molecule is NC(=O)N(N=Cc1cccc(Cl)c1Cl)c1ccccc1. The zero-order chi connectivity index (χ0) is 14.5. The molecular weight excluding hydrogens is 297 g/mol. The van der Waals surface area contributed by atoms with Crippen molar-refractivity contribution in [3.05, 3.63) is 64.1 Å². The van der Waals surface area contributed by atoms with Crippen LogP contribution in [0.15, 0.2) is 53.6 Å². The van der Waals surface area contributed by atoms with Gasteiger partial charge in [0.05, 0.1) is 21.9 Å². The third-order valence-corrected chi connectivity index (χ3v) is 3.34.